The van der Waals surface area contributed by atoms with E-state index in [0.717, 1.165) is 44.4 Å². The predicted octanol–water partition coefficient (Wildman–Crippen LogP) is 7.54. The van der Waals surface area contributed by atoms with E-state index in [-0.39, 0.29) is 25.0 Å². The number of allylic oxidation sites excluding steroid dienone is 4. The highest BCUT2D eigenvalue weighted by molar-refractivity contribution is 5.75. The van der Waals surface area contributed by atoms with Crippen molar-refractivity contribution in [1.82, 2.24) is 5.32 Å². The second kappa shape index (κ2) is 78.3. The minimum absolute atomic E-state index is 0.0119. The lowest BCUT2D eigenvalue weighted by atomic mass is 9.60. The standard InChI is InChI=1S/C84H155NO30/c1-74-11-14-78(73-77(74)13-12-76-10-7-20-84(5)79(15-16-80(76)84)75(2)9-6-19-83(3,4)89)115-22-8-21-85-81(86)17-23-90-25-27-92-29-31-94-33-35-96-37-39-98-41-43-100-45-47-102-49-51-104-53-55-106-57-59-108-61-63-110-65-67-112-69-71-114-72-70-113-68-66-111-64-62-109-60-58-107-56-54-105-52-50-103-48-46-101-44-42-99-40-38-97-36-34-95-32-30-93-28-26-91-24-18-82(87)88/h12-13,75,78-80,89H,1,6-11,14-73H2,2-5H3,(H,85,86)(H,87,88)/b76-12+,77-13-/t75-,78+,79-,80+,84-/m1/s1. The third-order valence-electron chi connectivity index (χ3n) is 19.2. The molecule has 0 aromatic carbocycles. The lowest BCUT2D eigenvalue weighted by Gasteiger charge is -2.44. The van der Waals surface area contributed by atoms with Gasteiger partial charge in [0.05, 0.1) is 348 Å². The van der Waals surface area contributed by atoms with E-state index >= 15 is 0 Å². The number of carboxylic acids is 1. The quantitative estimate of drug-likeness (QED) is 0.0495. The number of rotatable bonds is 89. The van der Waals surface area contributed by atoms with E-state index in [1.807, 2.05) is 13.8 Å². The molecule has 3 fully saturated rings. The molecule has 0 aliphatic heterocycles. The van der Waals surface area contributed by atoms with Crippen molar-refractivity contribution in [3.8, 4) is 0 Å². The van der Waals surface area contributed by atoms with Crippen LogP contribution < -0.4 is 5.32 Å². The second-order valence-electron chi connectivity index (χ2n) is 29.0. The maximum atomic E-state index is 12.4. The Hall–Kier alpha value is -2.92. The molecule has 0 aromatic rings. The van der Waals surface area contributed by atoms with Crippen LogP contribution in [0.15, 0.2) is 35.5 Å². The smallest absolute Gasteiger partial charge is 0.305 e. The predicted molar refractivity (Wildman–Crippen MR) is 431 cm³/mol. The Labute approximate surface area is 688 Å². The molecule has 0 bridgehead atoms. The van der Waals surface area contributed by atoms with E-state index in [1.54, 1.807) is 5.57 Å². The first-order chi connectivity index (χ1) is 56.4. The van der Waals surface area contributed by atoms with Gasteiger partial charge in [0.15, 0.2) is 0 Å². The van der Waals surface area contributed by atoms with Crippen molar-refractivity contribution in [2.75, 3.05) is 343 Å². The van der Waals surface area contributed by atoms with Crippen molar-refractivity contribution >= 4 is 11.9 Å². The normalized spacial score (nSPS) is 18.2. The van der Waals surface area contributed by atoms with Crippen LogP contribution in [0.5, 0.6) is 0 Å². The van der Waals surface area contributed by atoms with Gasteiger partial charge >= 0.3 is 5.97 Å². The second-order valence-corrected chi connectivity index (χ2v) is 29.0. The minimum atomic E-state index is -0.881. The summed E-state index contributed by atoms with van der Waals surface area (Å²) >= 11 is 0. The Balaban J connectivity index is 0.885. The van der Waals surface area contributed by atoms with Crippen LogP contribution >= 0.6 is 0 Å². The van der Waals surface area contributed by atoms with Gasteiger partial charge in [-0.1, -0.05) is 56.6 Å². The maximum absolute atomic E-state index is 12.4. The fourth-order valence-electron chi connectivity index (χ4n) is 13.1. The highest BCUT2D eigenvalue weighted by atomic mass is 16.6. The molecule has 0 aromatic heterocycles. The van der Waals surface area contributed by atoms with Crippen LogP contribution in [-0.2, 0) is 133 Å². The average Bonchev–Trinajstić information content (AvgIpc) is 1.62. The van der Waals surface area contributed by atoms with Crippen molar-refractivity contribution in [3.63, 3.8) is 0 Å². The molecule has 0 spiro atoms. The summed E-state index contributed by atoms with van der Waals surface area (Å²) in [5.41, 5.74) is 3.98. The van der Waals surface area contributed by atoms with Crippen LogP contribution in [0, 0.1) is 23.2 Å². The van der Waals surface area contributed by atoms with Crippen LogP contribution in [0.3, 0.4) is 0 Å². The lowest BCUT2D eigenvalue weighted by molar-refractivity contribution is -0.138. The number of hydrogen-bond donors (Lipinski definition) is 3. The van der Waals surface area contributed by atoms with Crippen LogP contribution in [0.4, 0.5) is 0 Å². The van der Waals surface area contributed by atoms with E-state index in [0.29, 0.717) is 361 Å². The Morgan fingerprint density at radius 3 is 1.01 bits per heavy atom. The zero-order chi connectivity index (χ0) is 82.4. The third kappa shape index (κ3) is 65.5. The molecule has 0 saturated heterocycles. The van der Waals surface area contributed by atoms with Crippen LogP contribution in [0.1, 0.15) is 118 Å². The fourth-order valence-corrected chi connectivity index (χ4v) is 13.1. The first kappa shape index (κ1) is 106. The number of aliphatic hydroxyl groups is 1. The number of carbonyl (C=O) groups is 2. The van der Waals surface area contributed by atoms with Crippen LogP contribution in [0.2, 0.25) is 0 Å². The summed E-state index contributed by atoms with van der Waals surface area (Å²) in [6, 6.07) is 0. The molecule has 0 heterocycles. The van der Waals surface area contributed by atoms with Gasteiger partial charge in [-0.25, -0.2) is 0 Å². The number of hydrogen-bond acceptors (Lipinski definition) is 29. The van der Waals surface area contributed by atoms with E-state index in [2.05, 4.69) is 37.9 Å². The molecular formula is C84H155NO30. The largest absolute Gasteiger partial charge is 0.481 e. The zero-order valence-corrected chi connectivity index (χ0v) is 71.2. The summed E-state index contributed by atoms with van der Waals surface area (Å²) in [4.78, 5) is 22.8. The summed E-state index contributed by atoms with van der Waals surface area (Å²) in [7, 11) is 0. The van der Waals surface area contributed by atoms with Crippen LogP contribution in [0.25, 0.3) is 0 Å². The molecule has 31 heteroatoms. The molecule has 115 heavy (non-hydrogen) atoms. The molecule has 0 unspecified atom stereocenters. The summed E-state index contributed by atoms with van der Waals surface area (Å²) in [5, 5.41) is 21.8. The van der Waals surface area contributed by atoms with Gasteiger partial charge in [-0.15, -0.1) is 0 Å². The molecule has 3 saturated carbocycles. The average molecular weight is 1660 g/mol. The molecule has 676 valence electrons. The molecule has 3 rings (SSSR count). The number of carboxylic acid groups (broad SMARTS) is 1. The van der Waals surface area contributed by atoms with E-state index in [4.69, 9.17) is 128 Å². The topological polar surface area (TPSA) is 327 Å². The Morgan fingerprint density at radius 2 is 0.713 bits per heavy atom. The Morgan fingerprint density at radius 1 is 0.417 bits per heavy atom. The van der Waals surface area contributed by atoms with Gasteiger partial charge in [0.25, 0.3) is 0 Å². The number of carbonyl (C=O) groups excluding carboxylic acids is 1. The molecule has 3 aliphatic rings. The summed E-state index contributed by atoms with van der Waals surface area (Å²) < 4.78 is 144. The summed E-state index contributed by atoms with van der Waals surface area (Å²) in [5.74, 6) is 1.20. The highest BCUT2D eigenvalue weighted by Gasteiger charge is 2.50. The van der Waals surface area contributed by atoms with Gasteiger partial charge in [0.2, 0.25) is 5.91 Å². The van der Waals surface area contributed by atoms with Gasteiger partial charge < -0.3 is 139 Å². The summed E-state index contributed by atoms with van der Waals surface area (Å²) in [6.45, 7) is 37.3. The van der Waals surface area contributed by atoms with Crippen molar-refractivity contribution in [1.29, 1.82) is 0 Å². The zero-order valence-electron chi connectivity index (χ0n) is 71.2. The van der Waals surface area contributed by atoms with E-state index < -0.39 is 11.6 Å². The van der Waals surface area contributed by atoms with Gasteiger partial charge in [-0.2, -0.15) is 0 Å². The molecule has 3 aliphatic carbocycles. The maximum Gasteiger partial charge on any atom is 0.305 e. The number of amides is 1. The van der Waals surface area contributed by atoms with E-state index in [9.17, 15) is 14.7 Å². The van der Waals surface area contributed by atoms with Gasteiger partial charge in [-0.3, -0.25) is 9.59 Å². The first-order valence-corrected chi connectivity index (χ1v) is 42.7. The highest BCUT2D eigenvalue weighted by Crippen LogP contribution is 2.60. The Kier molecular flexibility index (Phi) is 72.4. The third-order valence-corrected chi connectivity index (χ3v) is 19.2. The van der Waals surface area contributed by atoms with Crippen molar-refractivity contribution in [2.45, 2.75) is 129 Å². The monoisotopic (exact) mass is 1660 g/mol. The molecule has 1 amide bonds. The van der Waals surface area contributed by atoms with Gasteiger partial charge in [0.1, 0.15) is 0 Å². The summed E-state index contributed by atoms with van der Waals surface area (Å²) in [6.07, 6.45) is 18.5. The molecule has 5 atom stereocenters. The van der Waals surface area contributed by atoms with Crippen LogP contribution in [-0.4, -0.2) is 377 Å². The molecule has 31 nitrogen and oxygen atoms in total. The number of fused-ring (bicyclic) bond motifs is 1. The first-order valence-electron chi connectivity index (χ1n) is 42.7. The molecular weight excluding hydrogens is 1500 g/mol. The van der Waals surface area contributed by atoms with Crippen molar-refractivity contribution in [3.05, 3.63) is 35.5 Å². The SMILES string of the molecule is C=C1CC[C@H](OCCCNC(=O)CCOCCOCCOCCOCCOCCOCCOCCOCCOCCOCCOCCOCCOCCOCCOCCOCCOCCOCCOCCOCCOCCOCCOCCOCCOCCC(=O)O)C/C1=C/C=C1\CCC[C@]2(C)[C@@H]([C@H](C)CCCC(C)(C)O)CC[C@@H]12. The van der Waals surface area contributed by atoms with Crippen molar-refractivity contribution in [2.24, 2.45) is 23.2 Å². The van der Waals surface area contributed by atoms with Gasteiger partial charge in [-0.05, 0) is 107 Å². The molecule has 0 radical (unpaired) electrons. The molecule has 3 N–H and O–H groups in total. The minimum Gasteiger partial charge on any atom is -0.481 e. The van der Waals surface area contributed by atoms with Gasteiger partial charge in [0, 0.05) is 19.6 Å². The Bertz CT molecular complexity index is 2260. The number of aliphatic carboxylic acids is 1. The number of ether oxygens (including phenoxy) is 26. The number of nitrogens with one attached hydrogen (secondary N) is 1. The van der Waals surface area contributed by atoms with E-state index in [1.165, 1.54) is 49.7 Å². The lowest BCUT2D eigenvalue weighted by Crippen LogP contribution is -2.36. The fraction of sp³-hybridized carbons (Fsp3) is 0.905. The van der Waals surface area contributed by atoms with Crippen molar-refractivity contribution < 1.29 is 143 Å².